The molecule has 0 saturated heterocycles. The first-order chi connectivity index (χ1) is 12.5. The Morgan fingerprint density at radius 2 is 1.69 bits per heavy atom. The highest BCUT2D eigenvalue weighted by atomic mass is 32.2. The quantitative estimate of drug-likeness (QED) is 0.827. The van der Waals surface area contributed by atoms with Crippen molar-refractivity contribution in [3.63, 3.8) is 0 Å². The van der Waals surface area contributed by atoms with E-state index in [0.717, 1.165) is 24.2 Å². The zero-order valence-electron chi connectivity index (χ0n) is 15.1. The summed E-state index contributed by atoms with van der Waals surface area (Å²) in [5, 5.41) is 11.6. The maximum absolute atomic E-state index is 12.4. The van der Waals surface area contributed by atoms with Crippen molar-refractivity contribution in [2.24, 2.45) is 23.2 Å². The van der Waals surface area contributed by atoms with Gasteiger partial charge < -0.3 is 5.32 Å². The summed E-state index contributed by atoms with van der Waals surface area (Å²) in [7, 11) is -1.11. The molecule has 1 aromatic carbocycles. The molecule has 4 aliphatic carbocycles. The fourth-order valence-corrected chi connectivity index (χ4v) is 7.14. The summed E-state index contributed by atoms with van der Waals surface area (Å²) in [5.74, 6) is 3.23. The van der Waals surface area contributed by atoms with E-state index in [1.165, 1.54) is 38.5 Å². The van der Waals surface area contributed by atoms with Gasteiger partial charge in [0.05, 0.1) is 11.6 Å². The predicted octanol–water partition coefficient (Wildman–Crippen LogP) is 3.85. The van der Waals surface area contributed by atoms with Crippen LogP contribution in [0, 0.1) is 34.5 Å². The number of nitriles is 1. The average molecular weight is 371 g/mol. The maximum atomic E-state index is 12.4. The Kier molecular flexibility index (Phi) is 4.88. The van der Waals surface area contributed by atoms with Crippen LogP contribution < -0.4 is 5.32 Å². The molecule has 4 aliphatic rings. The molecule has 1 atom stereocenters. The largest absolute Gasteiger partial charge is 0.325 e. The smallest absolute Gasteiger partial charge is 0.236 e. The molecule has 26 heavy (non-hydrogen) atoms. The second kappa shape index (κ2) is 7.15. The second-order valence-corrected chi connectivity index (χ2v) is 10.3. The van der Waals surface area contributed by atoms with Gasteiger partial charge >= 0.3 is 0 Å². The molecule has 4 nitrogen and oxygen atoms in total. The molecule has 4 saturated carbocycles. The van der Waals surface area contributed by atoms with Crippen LogP contribution in [0.1, 0.15) is 50.5 Å². The van der Waals surface area contributed by atoms with E-state index in [2.05, 4.69) is 5.32 Å². The summed E-state index contributed by atoms with van der Waals surface area (Å²) in [6, 6.07) is 8.79. The van der Waals surface area contributed by atoms with Crippen LogP contribution in [0.2, 0.25) is 0 Å². The van der Waals surface area contributed by atoms with Crippen molar-refractivity contribution in [2.45, 2.75) is 44.9 Å². The third kappa shape index (κ3) is 3.86. The zero-order valence-corrected chi connectivity index (χ0v) is 15.9. The Morgan fingerprint density at radius 3 is 2.23 bits per heavy atom. The van der Waals surface area contributed by atoms with Crippen molar-refractivity contribution in [1.29, 1.82) is 5.26 Å². The molecule has 0 unspecified atom stereocenters. The lowest BCUT2D eigenvalue weighted by molar-refractivity contribution is -0.113. The first-order valence-corrected chi connectivity index (χ1v) is 11.2. The van der Waals surface area contributed by atoms with E-state index >= 15 is 0 Å². The minimum absolute atomic E-state index is 0.0619. The maximum Gasteiger partial charge on any atom is 0.236 e. The minimum Gasteiger partial charge on any atom is -0.325 e. The third-order valence-corrected chi connectivity index (χ3v) is 7.86. The Balaban J connectivity index is 1.26. The van der Waals surface area contributed by atoms with Gasteiger partial charge in [0.2, 0.25) is 5.91 Å². The Hall–Kier alpha value is -1.67. The fourth-order valence-electron chi connectivity index (χ4n) is 5.97. The Bertz CT molecular complexity index is 715. The number of nitrogens with one attached hydrogen (secondary N) is 1. The summed E-state index contributed by atoms with van der Waals surface area (Å²) >= 11 is 0. The summed E-state index contributed by atoms with van der Waals surface area (Å²) in [6.07, 6.45) is 9.28. The van der Waals surface area contributed by atoms with Crippen LogP contribution in [0.5, 0.6) is 0 Å². The number of rotatable bonds is 6. The molecule has 5 heteroatoms. The summed E-state index contributed by atoms with van der Waals surface area (Å²) < 4.78 is 12.4. The average Bonchev–Trinajstić information content (AvgIpc) is 2.59. The lowest BCUT2D eigenvalue weighted by atomic mass is 9.49. The van der Waals surface area contributed by atoms with Crippen molar-refractivity contribution >= 4 is 22.4 Å². The molecule has 138 valence electrons. The van der Waals surface area contributed by atoms with Gasteiger partial charge in [0.15, 0.2) is 0 Å². The molecule has 0 spiro atoms. The highest BCUT2D eigenvalue weighted by Gasteiger charge is 2.50. The highest BCUT2D eigenvalue weighted by molar-refractivity contribution is 7.85. The van der Waals surface area contributed by atoms with Crippen LogP contribution in [0.15, 0.2) is 24.3 Å². The monoisotopic (exact) mass is 370 g/mol. The molecule has 1 amide bonds. The van der Waals surface area contributed by atoms with Crippen LogP contribution in [-0.2, 0) is 15.6 Å². The van der Waals surface area contributed by atoms with E-state index < -0.39 is 10.8 Å². The first kappa shape index (κ1) is 17.7. The summed E-state index contributed by atoms with van der Waals surface area (Å²) in [6.45, 7) is 0. The van der Waals surface area contributed by atoms with E-state index in [1.54, 1.807) is 24.3 Å². The Morgan fingerprint density at radius 1 is 1.12 bits per heavy atom. The van der Waals surface area contributed by atoms with Gasteiger partial charge in [-0.05, 0) is 92.4 Å². The van der Waals surface area contributed by atoms with E-state index in [4.69, 9.17) is 5.26 Å². The van der Waals surface area contributed by atoms with Gasteiger partial charge in [0, 0.05) is 22.2 Å². The number of carbonyl (C=O) groups is 1. The molecule has 4 fully saturated rings. The molecule has 0 aromatic heterocycles. The number of hydrogen-bond acceptors (Lipinski definition) is 3. The number of carbonyl (C=O) groups excluding carboxylic acids is 1. The van der Waals surface area contributed by atoms with Crippen LogP contribution in [-0.4, -0.2) is 21.6 Å². The highest BCUT2D eigenvalue weighted by Crippen LogP contribution is 2.61. The van der Waals surface area contributed by atoms with Crippen LogP contribution in [0.4, 0.5) is 5.69 Å². The van der Waals surface area contributed by atoms with Crippen LogP contribution >= 0.6 is 0 Å². The molecule has 0 aliphatic heterocycles. The van der Waals surface area contributed by atoms with E-state index in [9.17, 15) is 9.00 Å². The molecule has 5 rings (SSSR count). The van der Waals surface area contributed by atoms with Gasteiger partial charge in [-0.15, -0.1) is 0 Å². The van der Waals surface area contributed by atoms with Crippen LogP contribution in [0.3, 0.4) is 0 Å². The van der Waals surface area contributed by atoms with Gasteiger partial charge in [0.1, 0.15) is 5.75 Å². The van der Waals surface area contributed by atoms with E-state index in [1.807, 2.05) is 6.07 Å². The molecule has 0 radical (unpaired) electrons. The number of nitrogens with zero attached hydrogens (tertiary/aromatic N) is 1. The van der Waals surface area contributed by atoms with Crippen molar-refractivity contribution in [1.82, 2.24) is 0 Å². The molecular formula is C21H26N2O2S. The Labute approximate surface area is 157 Å². The van der Waals surface area contributed by atoms with E-state index in [0.29, 0.717) is 22.4 Å². The van der Waals surface area contributed by atoms with Gasteiger partial charge in [-0.3, -0.25) is 9.00 Å². The number of hydrogen-bond donors (Lipinski definition) is 1. The molecule has 0 heterocycles. The first-order valence-electron chi connectivity index (χ1n) is 9.69. The van der Waals surface area contributed by atoms with Crippen molar-refractivity contribution in [3.8, 4) is 6.07 Å². The van der Waals surface area contributed by atoms with Crippen molar-refractivity contribution < 1.29 is 9.00 Å². The normalized spacial score (nSPS) is 32.8. The summed E-state index contributed by atoms with van der Waals surface area (Å²) in [5.41, 5.74) is 1.63. The standard InChI is InChI=1S/C21H26N2O2S/c22-13-15-1-3-19(4-2-15)23-20(24)14-26(25)6-5-21-10-16-7-17(11-21)9-18(8-16)12-21/h1-4,16-18H,5-12,14H2,(H,23,24)/t16?,17?,18?,21?,26-/m0/s1. The summed E-state index contributed by atoms with van der Waals surface area (Å²) in [4.78, 5) is 12.1. The van der Waals surface area contributed by atoms with E-state index in [-0.39, 0.29) is 11.7 Å². The van der Waals surface area contributed by atoms with Gasteiger partial charge in [-0.25, -0.2) is 0 Å². The predicted molar refractivity (Wildman–Crippen MR) is 103 cm³/mol. The lowest BCUT2D eigenvalue weighted by Gasteiger charge is -2.57. The SMILES string of the molecule is N#Cc1ccc(NC(=O)C[S@@](=O)CCC23CC4CC(CC(C4)C2)C3)cc1. The van der Waals surface area contributed by atoms with Crippen LogP contribution in [0.25, 0.3) is 0 Å². The minimum atomic E-state index is -1.11. The lowest BCUT2D eigenvalue weighted by Crippen LogP contribution is -2.46. The fraction of sp³-hybridized carbons (Fsp3) is 0.619. The third-order valence-electron chi connectivity index (χ3n) is 6.61. The second-order valence-electron chi connectivity index (χ2n) is 8.69. The topological polar surface area (TPSA) is 70.0 Å². The number of anilines is 1. The van der Waals surface area contributed by atoms with Crippen molar-refractivity contribution in [3.05, 3.63) is 29.8 Å². The molecule has 1 N–H and O–H groups in total. The molecule has 1 aromatic rings. The number of benzene rings is 1. The number of amides is 1. The van der Waals surface area contributed by atoms with Gasteiger partial charge in [0.25, 0.3) is 0 Å². The zero-order chi connectivity index (χ0) is 18.1. The van der Waals surface area contributed by atoms with Gasteiger partial charge in [-0.1, -0.05) is 0 Å². The van der Waals surface area contributed by atoms with Gasteiger partial charge in [-0.2, -0.15) is 5.26 Å². The molecular weight excluding hydrogens is 344 g/mol. The molecule has 4 bridgehead atoms. The van der Waals surface area contributed by atoms with Crippen molar-refractivity contribution in [2.75, 3.05) is 16.8 Å².